The maximum Gasteiger partial charge on any atom is 0.246 e. The van der Waals surface area contributed by atoms with Gasteiger partial charge in [0.2, 0.25) is 11.8 Å². The minimum absolute atomic E-state index is 0. The molecule has 1 heterocycles. The average Bonchev–Trinajstić information content (AvgIpc) is 3.18. The van der Waals surface area contributed by atoms with Gasteiger partial charge in [-0.05, 0) is 38.0 Å². The monoisotopic (exact) mass is 483 g/mol. The van der Waals surface area contributed by atoms with E-state index >= 15 is 0 Å². The highest BCUT2D eigenvalue weighted by Crippen LogP contribution is 2.09. The normalized spacial score (nSPS) is 13.3. The lowest BCUT2D eigenvalue weighted by atomic mass is 10.2. The zero-order valence-corrected chi connectivity index (χ0v) is 17.8. The molecular weight excluding hydrogens is 457 g/mol. The third-order valence-corrected chi connectivity index (χ3v) is 3.90. The van der Waals surface area contributed by atoms with Crippen molar-refractivity contribution in [2.45, 2.75) is 19.8 Å². The Hall–Kier alpha value is -2.28. The highest BCUT2D eigenvalue weighted by Gasteiger charge is 2.17. The van der Waals surface area contributed by atoms with Crippen LogP contribution < -0.4 is 16.0 Å². The predicted molar refractivity (Wildman–Crippen MR) is 118 cm³/mol. The van der Waals surface area contributed by atoms with E-state index in [4.69, 9.17) is 6.42 Å². The highest BCUT2D eigenvalue weighted by molar-refractivity contribution is 14.0. The number of terminal acetylenes is 1. The molecule has 1 aliphatic heterocycles. The molecule has 2 rings (SSSR count). The van der Waals surface area contributed by atoms with Crippen molar-refractivity contribution in [1.29, 1.82) is 0 Å². The van der Waals surface area contributed by atoms with Crippen LogP contribution >= 0.6 is 24.0 Å². The van der Waals surface area contributed by atoms with E-state index < -0.39 is 0 Å². The number of amides is 2. The molecule has 1 aliphatic rings. The average molecular weight is 483 g/mol. The summed E-state index contributed by atoms with van der Waals surface area (Å²) in [6.45, 7) is 4.28. The third kappa shape index (κ3) is 7.86. The van der Waals surface area contributed by atoms with Gasteiger partial charge in [0.1, 0.15) is 6.54 Å². The summed E-state index contributed by atoms with van der Waals surface area (Å²) >= 11 is 0. The molecule has 1 aromatic carbocycles. The van der Waals surface area contributed by atoms with Gasteiger partial charge in [0.25, 0.3) is 0 Å². The molecule has 7 nitrogen and oxygen atoms in total. The number of halogens is 1. The summed E-state index contributed by atoms with van der Waals surface area (Å²) in [4.78, 5) is 30.2. The van der Waals surface area contributed by atoms with Crippen molar-refractivity contribution < 1.29 is 9.59 Å². The first-order valence-electron chi connectivity index (χ1n) is 8.79. The molecule has 3 N–H and O–H groups in total. The van der Waals surface area contributed by atoms with Crippen molar-refractivity contribution >= 4 is 47.4 Å². The molecule has 0 aromatic heterocycles. The van der Waals surface area contributed by atoms with Gasteiger partial charge in [0, 0.05) is 30.9 Å². The van der Waals surface area contributed by atoms with E-state index in [1.807, 2.05) is 11.8 Å². The first kappa shape index (κ1) is 22.8. The quantitative estimate of drug-likeness (QED) is 0.247. The van der Waals surface area contributed by atoms with Crippen LogP contribution in [0.25, 0.3) is 0 Å². The number of nitrogens with zero attached hydrogens (tertiary/aromatic N) is 2. The van der Waals surface area contributed by atoms with Gasteiger partial charge in [-0.3, -0.25) is 9.59 Å². The molecule has 0 bridgehead atoms. The Labute approximate surface area is 177 Å². The fourth-order valence-corrected chi connectivity index (χ4v) is 2.62. The van der Waals surface area contributed by atoms with Crippen LogP contribution in [0.5, 0.6) is 0 Å². The fraction of sp³-hybridized carbons (Fsp3) is 0.421. The van der Waals surface area contributed by atoms with Gasteiger partial charge in [-0.15, -0.1) is 30.4 Å². The molecule has 1 saturated heterocycles. The highest BCUT2D eigenvalue weighted by atomic mass is 127. The van der Waals surface area contributed by atoms with E-state index in [1.54, 1.807) is 24.3 Å². The van der Waals surface area contributed by atoms with E-state index in [1.165, 1.54) is 0 Å². The molecule has 0 aliphatic carbocycles. The lowest BCUT2D eigenvalue weighted by Crippen LogP contribution is -2.44. The minimum Gasteiger partial charge on any atom is -0.357 e. The van der Waals surface area contributed by atoms with Crippen LogP contribution in [0.15, 0.2) is 29.3 Å². The second-order valence-corrected chi connectivity index (χ2v) is 5.91. The first-order valence-corrected chi connectivity index (χ1v) is 8.79. The summed E-state index contributed by atoms with van der Waals surface area (Å²) in [5, 5.41) is 8.76. The molecule has 0 atom stereocenters. The Morgan fingerprint density at radius 1 is 1.26 bits per heavy atom. The van der Waals surface area contributed by atoms with Crippen molar-refractivity contribution in [3.8, 4) is 12.3 Å². The van der Waals surface area contributed by atoms with E-state index in [0.29, 0.717) is 23.8 Å². The Bertz CT molecular complexity index is 708. The minimum atomic E-state index is -0.262. The SMILES string of the molecule is C#Cc1cccc(NC(=O)CN=C(NCC)NCC(=O)N2CCCC2)c1.I. The molecule has 0 radical (unpaired) electrons. The Balaban J connectivity index is 0.00000364. The summed E-state index contributed by atoms with van der Waals surface area (Å²) in [5.41, 5.74) is 1.32. The van der Waals surface area contributed by atoms with Crippen molar-refractivity contribution in [2.75, 3.05) is 38.0 Å². The molecule has 2 amide bonds. The number of hydrogen-bond donors (Lipinski definition) is 3. The first-order chi connectivity index (χ1) is 12.6. The smallest absolute Gasteiger partial charge is 0.246 e. The number of guanidine groups is 1. The number of carbonyl (C=O) groups excluding carboxylic acids is 2. The van der Waals surface area contributed by atoms with Crippen LogP contribution in [0, 0.1) is 12.3 Å². The molecule has 146 valence electrons. The van der Waals surface area contributed by atoms with Crippen molar-refractivity contribution in [2.24, 2.45) is 4.99 Å². The number of rotatable bonds is 6. The molecule has 0 saturated carbocycles. The molecule has 8 heteroatoms. The summed E-state index contributed by atoms with van der Waals surface area (Å²) in [7, 11) is 0. The molecule has 0 spiro atoms. The predicted octanol–water partition coefficient (Wildman–Crippen LogP) is 1.40. The van der Waals surface area contributed by atoms with E-state index in [9.17, 15) is 9.59 Å². The Kier molecular flexibility index (Phi) is 10.3. The molecule has 27 heavy (non-hydrogen) atoms. The standard InChI is InChI=1S/C19H25N5O2.HI/c1-3-15-8-7-9-16(12-15)23-17(25)13-21-19(20-4-2)22-14-18(26)24-10-5-6-11-24;/h1,7-9,12H,4-6,10-11,13-14H2,2H3,(H,23,25)(H2,20,21,22);1H. The number of likely N-dealkylation sites (tertiary alicyclic amines) is 1. The van der Waals surface area contributed by atoms with E-state index in [-0.39, 0.29) is 48.9 Å². The number of anilines is 1. The largest absolute Gasteiger partial charge is 0.357 e. The fourth-order valence-electron chi connectivity index (χ4n) is 2.62. The number of benzene rings is 1. The molecule has 1 fully saturated rings. The van der Waals surface area contributed by atoms with Gasteiger partial charge in [-0.25, -0.2) is 4.99 Å². The summed E-state index contributed by atoms with van der Waals surface area (Å²) in [6.07, 6.45) is 7.47. The van der Waals surface area contributed by atoms with Crippen LogP contribution in [-0.4, -0.2) is 55.4 Å². The summed E-state index contributed by atoms with van der Waals surface area (Å²) in [5.74, 6) is 2.74. The lowest BCUT2D eigenvalue weighted by Gasteiger charge is -2.17. The summed E-state index contributed by atoms with van der Waals surface area (Å²) < 4.78 is 0. The van der Waals surface area contributed by atoms with Crippen LogP contribution in [0.4, 0.5) is 5.69 Å². The maximum atomic E-state index is 12.1. The van der Waals surface area contributed by atoms with Crippen molar-refractivity contribution in [3.63, 3.8) is 0 Å². The number of aliphatic imine (C=N–C) groups is 1. The van der Waals surface area contributed by atoms with E-state index in [2.05, 4.69) is 26.9 Å². The number of hydrogen-bond acceptors (Lipinski definition) is 3. The van der Waals surface area contributed by atoms with Gasteiger partial charge in [0.05, 0.1) is 6.54 Å². The van der Waals surface area contributed by atoms with Crippen molar-refractivity contribution in [1.82, 2.24) is 15.5 Å². The Morgan fingerprint density at radius 2 is 2.00 bits per heavy atom. The topological polar surface area (TPSA) is 85.8 Å². The Morgan fingerprint density at radius 3 is 2.67 bits per heavy atom. The second-order valence-electron chi connectivity index (χ2n) is 5.91. The molecular formula is C19H26IN5O2. The van der Waals surface area contributed by atoms with Crippen LogP contribution in [0.2, 0.25) is 0 Å². The second kappa shape index (κ2) is 12.2. The maximum absolute atomic E-state index is 12.1. The number of nitrogens with one attached hydrogen (secondary N) is 3. The zero-order valence-electron chi connectivity index (χ0n) is 15.5. The van der Waals surface area contributed by atoms with Crippen LogP contribution in [0.3, 0.4) is 0 Å². The van der Waals surface area contributed by atoms with Crippen LogP contribution in [0.1, 0.15) is 25.3 Å². The van der Waals surface area contributed by atoms with E-state index in [0.717, 1.165) is 25.9 Å². The third-order valence-electron chi connectivity index (χ3n) is 3.90. The lowest BCUT2D eigenvalue weighted by molar-refractivity contribution is -0.128. The van der Waals surface area contributed by atoms with Gasteiger partial charge in [-0.2, -0.15) is 0 Å². The molecule has 0 unspecified atom stereocenters. The van der Waals surface area contributed by atoms with Crippen molar-refractivity contribution in [3.05, 3.63) is 29.8 Å². The zero-order chi connectivity index (χ0) is 18.8. The van der Waals surface area contributed by atoms with Crippen LogP contribution in [-0.2, 0) is 9.59 Å². The van der Waals surface area contributed by atoms with Gasteiger partial charge in [0.15, 0.2) is 5.96 Å². The summed E-state index contributed by atoms with van der Waals surface area (Å²) in [6, 6.07) is 7.06. The van der Waals surface area contributed by atoms with Gasteiger partial charge in [-0.1, -0.05) is 12.0 Å². The van der Waals surface area contributed by atoms with Gasteiger partial charge < -0.3 is 20.9 Å². The number of carbonyl (C=O) groups is 2. The van der Waals surface area contributed by atoms with Gasteiger partial charge >= 0.3 is 0 Å². The molecule has 1 aromatic rings.